The molecule has 0 aliphatic carbocycles. The standard InChI is InChI=1S/C11H16ClN3O2/c1-17-6-2-3-9(13)11(16)15-10-7-14-5-4-8(10)12/h4-5,7,9H,2-3,6,13H2,1H3,(H,15,16). The molecule has 1 aromatic heterocycles. The van der Waals surface area contributed by atoms with Gasteiger partial charge in [0.2, 0.25) is 5.91 Å². The molecule has 0 saturated heterocycles. The molecule has 1 rings (SSSR count). The maximum atomic E-state index is 11.7. The summed E-state index contributed by atoms with van der Waals surface area (Å²) in [5, 5.41) is 3.08. The van der Waals surface area contributed by atoms with Gasteiger partial charge in [0.05, 0.1) is 22.9 Å². The Bertz CT molecular complexity index is 373. The number of carbonyl (C=O) groups excluding carboxylic acids is 1. The molecule has 0 fully saturated rings. The molecule has 1 amide bonds. The molecule has 0 spiro atoms. The molecule has 94 valence electrons. The average molecular weight is 258 g/mol. The summed E-state index contributed by atoms with van der Waals surface area (Å²) in [6.07, 6.45) is 4.35. The van der Waals surface area contributed by atoms with Crippen molar-refractivity contribution in [2.75, 3.05) is 19.0 Å². The van der Waals surface area contributed by atoms with E-state index in [-0.39, 0.29) is 5.91 Å². The first-order valence-corrected chi connectivity index (χ1v) is 5.68. The fourth-order valence-electron chi connectivity index (χ4n) is 1.27. The highest BCUT2D eigenvalue weighted by Gasteiger charge is 2.14. The number of amides is 1. The van der Waals surface area contributed by atoms with Gasteiger partial charge in [-0.3, -0.25) is 9.78 Å². The van der Waals surface area contributed by atoms with Crippen molar-refractivity contribution in [3.63, 3.8) is 0 Å². The minimum absolute atomic E-state index is 0.268. The first-order chi connectivity index (χ1) is 8.15. The van der Waals surface area contributed by atoms with Crippen LogP contribution in [-0.4, -0.2) is 30.6 Å². The Labute approximate surface area is 105 Å². The van der Waals surface area contributed by atoms with E-state index in [4.69, 9.17) is 22.1 Å². The largest absolute Gasteiger partial charge is 0.385 e. The molecule has 17 heavy (non-hydrogen) atoms. The Morgan fingerprint density at radius 2 is 2.47 bits per heavy atom. The minimum atomic E-state index is -0.568. The number of halogens is 1. The summed E-state index contributed by atoms with van der Waals surface area (Å²) in [5.74, 6) is -0.268. The Balaban J connectivity index is 2.46. The van der Waals surface area contributed by atoms with E-state index in [0.29, 0.717) is 23.7 Å². The minimum Gasteiger partial charge on any atom is -0.385 e. The number of nitrogens with zero attached hydrogens (tertiary/aromatic N) is 1. The van der Waals surface area contributed by atoms with E-state index in [2.05, 4.69) is 10.3 Å². The van der Waals surface area contributed by atoms with E-state index in [1.807, 2.05) is 0 Å². The normalized spacial score (nSPS) is 12.2. The summed E-state index contributed by atoms with van der Waals surface area (Å²) in [6.45, 7) is 0.592. The first-order valence-electron chi connectivity index (χ1n) is 5.30. The zero-order valence-corrected chi connectivity index (χ0v) is 10.4. The number of aromatic nitrogens is 1. The fraction of sp³-hybridized carbons (Fsp3) is 0.455. The van der Waals surface area contributed by atoms with Crippen LogP contribution in [0.3, 0.4) is 0 Å². The lowest BCUT2D eigenvalue weighted by Gasteiger charge is -2.12. The third-order valence-corrected chi connectivity index (χ3v) is 2.56. The van der Waals surface area contributed by atoms with Crippen molar-refractivity contribution < 1.29 is 9.53 Å². The van der Waals surface area contributed by atoms with Gasteiger partial charge in [-0.25, -0.2) is 0 Å². The third kappa shape index (κ3) is 4.68. The molecule has 6 heteroatoms. The van der Waals surface area contributed by atoms with E-state index in [1.54, 1.807) is 19.4 Å². The maximum Gasteiger partial charge on any atom is 0.241 e. The summed E-state index contributed by atoms with van der Waals surface area (Å²) in [4.78, 5) is 15.6. The number of pyridine rings is 1. The molecule has 0 aliphatic heterocycles. The van der Waals surface area contributed by atoms with Gasteiger partial charge in [0, 0.05) is 19.9 Å². The van der Waals surface area contributed by atoms with Crippen molar-refractivity contribution in [2.24, 2.45) is 5.73 Å². The van der Waals surface area contributed by atoms with Gasteiger partial charge in [0.15, 0.2) is 0 Å². The van der Waals surface area contributed by atoms with Crippen LogP contribution in [0.4, 0.5) is 5.69 Å². The van der Waals surface area contributed by atoms with Crippen LogP contribution in [0.15, 0.2) is 18.5 Å². The lowest BCUT2D eigenvalue weighted by molar-refractivity contribution is -0.117. The van der Waals surface area contributed by atoms with Crippen LogP contribution in [0.5, 0.6) is 0 Å². The fourth-order valence-corrected chi connectivity index (χ4v) is 1.43. The molecule has 5 nitrogen and oxygen atoms in total. The third-order valence-electron chi connectivity index (χ3n) is 2.23. The highest BCUT2D eigenvalue weighted by Crippen LogP contribution is 2.19. The second-order valence-electron chi connectivity index (χ2n) is 3.59. The Hall–Kier alpha value is -1.17. The molecule has 0 bridgehead atoms. The molecule has 1 aromatic rings. The lowest BCUT2D eigenvalue weighted by Crippen LogP contribution is -2.35. The number of ether oxygens (including phenoxy) is 1. The van der Waals surface area contributed by atoms with Gasteiger partial charge in [-0.05, 0) is 18.9 Å². The van der Waals surface area contributed by atoms with Gasteiger partial charge >= 0.3 is 0 Å². The molecule has 1 heterocycles. The van der Waals surface area contributed by atoms with Crippen molar-refractivity contribution in [1.29, 1.82) is 0 Å². The molecule has 1 atom stereocenters. The Morgan fingerprint density at radius 1 is 1.71 bits per heavy atom. The van der Waals surface area contributed by atoms with Crippen LogP contribution < -0.4 is 11.1 Å². The average Bonchev–Trinajstić information content (AvgIpc) is 2.32. The van der Waals surface area contributed by atoms with Crippen molar-refractivity contribution >= 4 is 23.2 Å². The number of anilines is 1. The van der Waals surface area contributed by atoms with E-state index in [1.165, 1.54) is 6.20 Å². The van der Waals surface area contributed by atoms with Crippen LogP contribution in [0.2, 0.25) is 5.02 Å². The van der Waals surface area contributed by atoms with Crippen molar-refractivity contribution in [2.45, 2.75) is 18.9 Å². The first kappa shape index (κ1) is 13.9. The second-order valence-corrected chi connectivity index (χ2v) is 3.99. The smallest absolute Gasteiger partial charge is 0.241 e. The number of hydrogen-bond acceptors (Lipinski definition) is 4. The van der Waals surface area contributed by atoms with E-state index in [0.717, 1.165) is 6.42 Å². The van der Waals surface area contributed by atoms with Crippen LogP contribution in [-0.2, 0) is 9.53 Å². The summed E-state index contributed by atoms with van der Waals surface area (Å²) >= 11 is 5.88. The topological polar surface area (TPSA) is 77.2 Å². The quantitative estimate of drug-likeness (QED) is 0.756. The molecule has 0 aromatic carbocycles. The lowest BCUT2D eigenvalue weighted by atomic mass is 10.1. The van der Waals surface area contributed by atoms with Gasteiger partial charge in [0.1, 0.15) is 0 Å². The predicted molar refractivity (Wildman–Crippen MR) is 67.0 cm³/mol. The summed E-state index contributed by atoms with van der Waals surface area (Å²) in [5.41, 5.74) is 6.20. The van der Waals surface area contributed by atoms with Crippen molar-refractivity contribution in [3.05, 3.63) is 23.5 Å². The van der Waals surface area contributed by atoms with E-state index >= 15 is 0 Å². The van der Waals surface area contributed by atoms with Gasteiger partial charge in [-0.1, -0.05) is 11.6 Å². The molecule has 3 N–H and O–H groups in total. The molecular weight excluding hydrogens is 242 g/mol. The highest BCUT2D eigenvalue weighted by molar-refractivity contribution is 6.33. The zero-order chi connectivity index (χ0) is 12.7. The summed E-state index contributed by atoms with van der Waals surface area (Å²) in [6, 6.07) is 1.04. The van der Waals surface area contributed by atoms with E-state index < -0.39 is 6.04 Å². The summed E-state index contributed by atoms with van der Waals surface area (Å²) in [7, 11) is 1.61. The Morgan fingerprint density at radius 3 is 3.12 bits per heavy atom. The van der Waals surface area contributed by atoms with Crippen LogP contribution in [0.1, 0.15) is 12.8 Å². The summed E-state index contributed by atoms with van der Waals surface area (Å²) < 4.78 is 4.89. The number of nitrogens with one attached hydrogen (secondary N) is 1. The molecule has 1 unspecified atom stereocenters. The van der Waals surface area contributed by atoms with Gasteiger partial charge in [-0.15, -0.1) is 0 Å². The Kier molecular flexibility index (Phi) is 5.90. The predicted octanol–water partition coefficient (Wildman–Crippen LogP) is 1.43. The molecule has 0 saturated carbocycles. The van der Waals surface area contributed by atoms with Gasteiger partial charge in [0.25, 0.3) is 0 Å². The number of nitrogens with two attached hydrogens (primary N) is 1. The molecule has 0 aliphatic rings. The highest BCUT2D eigenvalue weighted by atomic mass is 35.5. The monoisotopic (exact) mass is 257 g/mol. The van der Waals surface area contributed by atoms with Gasteiger partial charge in [-0.2, -0.15) is 0 Å². The van der Waals surface area contributed by atoms with Crippen LogP contribution in [0.25, 0.3) is 0 Å². The number of methoxy groups -OCH3 is 1. The zero-order valence-electron chi connectivity index (χ0n) is 9.65. The number of rotatable bonds is 6. The van der Waals surface area contributed by atoms with Gasteiger partial charge < -0.3 is 15.8 Å². The van der Waals surface area contributed by atoms with Crippen LogP contribution in [0, 0.1) is 0 Å². The SMILES string of the molecule is COCCCC(N)C(=O)Nc1cnccc1Cl. The number of hydrogen-bond donors (Lipinski definition) is 2. The second kappa shape index (κ2) is 7.21. The van der Waals surface area contributed by atoms with Crippen molar-refractivity contribution in [3.8, 4) is 0 Å². The van der Waals surface area contributed by atoms with Crippen molar-refractivity contribution in [1.82, 2.24) is 4.98 Å². The van der Waals surface area contributed by atoms with Crippen LogP contribution >= 0.6 is 11.6 Å². The maximum absolute atomic E-state index is 11.7. The molecule has 0 radical (unpaired) electrons. The molecular formula is C11H16ClN3O2. The van der Waals surface area contributed by atoms with E-state index in [9.17, 15) is 4.79 Å². The number of carbonyl (C=O) groups is 1.